The zero-order valence-corrected chi connectivity index (χ0v) is 16.1. The molecule has 126 valence electrons. The molecule has 0 spiro atoms. The molecule has 0 fully saturated rings. The van der Waals surface area contributed by atoms with Crippen LogP contribution in [0.3, 0.4) is 0 Å². The number of carboxylic acid groups (broad SMARTS) is 1. The van der Waals surface area contributed by atoms with Gasteiger partial charge in [-0.25, -0.2) is 8.78 Å². The number of carbonyl (C=O) groups is 1. The minimum atomic E-state index is -1.62. The average molecular weight is 363 g/mol. The van der Waals surface area contributed by atoms with Gasteiger partial charge in [-0.05, 0) is 59.7 Å². The van der Waals surface area contributed by atoms with E-state index in [0.717, 1.165) is 6.07 Å². The van der Waals surface area contributed by atoms with Gasteiger partial charge in [0.25, 0.3) is 0 Å². The average Bonchev–Trinajstić information content (AvgIpc) is 2.58. The van der Waals surface area contributed by atoms with Crippen LogP contribution in [0.1, 0.15) is 10.4 Å². The number of pyridine rings is 1. The maximum atomic E-state index is 13.2. The number of hydrogen-bond acceptors (Lipinski definition) is 3. The van der Waals surface area contributed by atoms with Gasteiger partial charge in [-0.15, -0.1) is 0 Å². The first-order valence-electron chi connectivity index (χ1n) is 7.35. The van der Waals surface area contributed by atoms with Crippen LogP contribution in [0.5, 0.6) is 0 Å². The van der Waals surface area contributed by atoms with E-state index in [4.69, 9.17) is 0 Å². The molecule has 0 aliphatic heterocycles. The number of carbonyl (C=O) groups excluding carboxylic acids is 1. The van der Waals surface area contributed by atoms with Crippen molar-refractivity contribution in [1.29, 1.82) is 0 Å². The van der Waals surface area contributed by atoms with Crippen molar-refractivity contribution in [2.75, 3.05) is 0 Å². The summed E-state index contributed by atoms with van der Waals surface area (Å²) in [5.41, 5.74) is 0.122. The zero-order valence-electron chi connectivity index (χ0n) is 14.1. The fraction of sp³-hybridized carbons (Fsp3) is 0.0526. The number of rotatable bonds is 3. The molecule has 1 heterocycles. The molecule has 0 saturated carbocycles. The van der Waals surface area contributed by atoms with Crippen LogP contribution >= 0.6 is 0 Å². The van der Waals surface area contributed by atoms with Crippen molar-refractivity contribution in [2.24, 2.45) is 7.05 Å². The van der Waals surface area contributed by atoms with Gasteiger partial charge in [0.05, 0.1) is 22.9 Å². The Morgan fingerprint density at radius 1 is 0.923 bits per heavy atom. The van der Waals surface area contributed by atoms with Gasteiger partial charge in [0, 0.05) is 13.1 Å². The fourth-order valence-corrected chi connectivity index (χ4v) is 2.74. The second kappa shape index (κ2) is 7.95. The summed E-state index contributed by atoms with van der Waals surface area (Å²) in [5, 5.41) is 11.5. The number of aromatic nitrogens is 1. The van der Waals surface area contributed by atoms with Crippen molar-refractivity contribution in [3.63, 3.8) is 0 Å². The van der Waals surface area contributed by atoms with Crippen molar-refractivity contribution >= 4 is 5.97 Å². The van der Waals surface area contributed by atoms with Crippen LogP contribution in [0.2, 0.25) is 0 Å². The summed E-state index contributed by atoms with van der Waals surface area (Å²) in [7, 11) is 1.57. The SMILES string of the molecule is Cn1c(-c2ccc(F)cc2)cc(=O)c(C(=O)[O-])c1-c1ccc(F)cc1.[Na+]. The largest absolute Gasteiger partial charge is 1.00 e. The van der Waals surface area contributed by atoms with Gasteiger partial charge in [-0.3, -0.25) is 4.79 Å². The standard InChI is InChI=1S/C19H13F2NO3.Na/c1-22-15(11-2-6-13(20)7-3-11)10-16(23)17(19(24)25)18(22)12-4-8-14(21)9-5-12;/h2-10H,1H3,(H,24,25);/q;+1/p-1. The third-order valence-electron chi connectivity index (χ3n) is 3.91. The summed E-state index contributed by atoms with van der Waals surface area (Å²) in [6, 6.07) is 11.7. The molecule has 1 aromatic heterocycles. The Labute approximate surface area is 170 Å². The topological polar surface area (TPSA) is 62.1 Å². The molecule has 0 N–H and O–H groups in total. The Hall–Kier alpha value is -2.28. The monoisotopic (exact) mass is 363 g/mol. The first-order valence-corrected chi connectivity index (χ1v) is 7.35. The Morgan fingerprint density at radius 3 is 1.85 bits per heavy atom. The summed E-state index contributed by atoms with van der Waals surface area (Å²) in [4.78, 5) is 23.8. The molecule has 4 nitrogen and oxygen atoms in total. The van der Waals surface area contributed by atoms with Gasteiger partial charge in [0.15, 0.2) is 5.43 Å². The number of hydrogen-bond donors (Lipinski definition) is 0. The molecule has 0 aliphatic rings. The molecular weight excluding hydrogens is 351 g/mol. The fourth-order valence-electron chi connectivity index (χ4n) is 2.74. The van der Waals surface area contributed by atoms with Crippen molar-refractivity contribution in [2.45, 2.75) is 0 Å². The molecule has 0 aliphatic carbocycles. The maximum Gasteiger partial charge on any atom is 1.00 e. The van der Waals surface area contributed by atoms with Crippen LogP contribution < -0.4 is 40.1 Å². The zero-order chi connectivity index (χ0) is 18.1. The Morgan fingerprint density at radius 2 is 1.38 bits per heavy atom. The van der Waals surface area contributed by atoms with Gasteiger partial charge in [0.1, 0.15) is 11.6 Å². The van der Waals surface area contributed by atoms with E-state index < -0.39 is 28.6 Å². The third-order valence-corrected chi connectivity index (χ3v) is 3.91. The molecule has 0 radical (unpaired) electrons. The number of carboxylic acids is 1. The number of nitrogens with zero attached hydrogens (tertiary/aromatic N) is 1. The molecule has 0 unspecified atom stereocenters. The molecule has 26 heavy (non-hydrogen) atoms. The summed E-state index contributed by atoms with van der Waals surface area (Å²) in [6.07, 6.45) is 0. The Bertz CT molecular complexity index is 1010. The summed E-state index contributed by atoms with van der Waals surface area (Å²) >= 11 is 0. The van der Waals surface area contributed by atoms with Gasteiger partial charge < -0.3 is 14.5 Å². The van der Waals surface area contributed by atoms with Crippen molar-refractivity contribution in [3.8, 4) is 22.5 Å². The Balaban J connectivity index is 0.00000243. The van der Waals surface area contributed by atoms with Crippen LogP contribution in [0, 0.1) is 11.6 Å². The molecule has 0 atom stereocenters. The van der Waals surface area contributed by atoms with E-state index in [2.05, 4.69) is 0 Å². The van der Waals surface area contributed by atoms with Crippen molar-refractivity contribution in [1.82, 2.24) is 4.57 Å². The van der Waals surface area contributed by atoms with E-state index in [1.807, 2.05) is 0 Å². The number of aromatic carboxylic acids is 1. The van der Waals surface area contributed by atoms with Crippen LogP contribution in [-0.2, 0) is 7.05 Å². The second-order valence-electron chi connectivity index (χ2n) is 5.48. The normalized spacial score (nSPS) is 10.3. The van der Waals surface area contributed by atoms with E-state index in [1.165, 1.54) is 53.1 Å². The summed E-state index contributed by atoms with van der Waals surface area (Å²) in [6.45, 7) is 0. The maximum absolute atomic E-state index is 13.2. The van der Waals surface area contributed by atoms with Crippen molar-refractivity contribution < 1.29 is 48.2 Å². The molecule has 2 aromatic carbocycles. The van der Waals surface area contributed by atoms with Crippen LogP contribution in [0.15, 0.2) is 59.4 Å². The van der Waals surface area contributed by atoms with E-state index in [-0.39, 0.29) is 35.3 Å². The van der Waals surface area contributed by atoms with E-state index >= 15 is 0 Å². The Kier molecular flexibility index (Phi) is 6.13. The molecular formula is C19H12F2NNaO3. The second-order valence-corrected chi connectivity index (χ2v) is 5.48. The number of benzene rings is 2. The van der Waals surface area contributed by atoms with Gasteiger partial charge in [-0.2, -0.15) is 0 Å². The van der Waals surface area contributed by atoms with Crippen LogP contribution in [-0.4, -0.2) is 10.5 Å². The molecule has 0 amide bonds. The third kappa shape index (κ3) is 3.77. The van der Waals surface area contributed by atoms with Crippen LogP contribution in [0.4, 0.5) is 8.78 Å². The summed E-state index contributed by atoms with van der Waals surface area (Å²) in [5.74, 6) is -2.54. The number of halogens is 2. The minimum absolute atomic E-state index is 0. The first kappa shape index (κ1) is 20.0. The molecule has 3 aromatic rings. The molecule has 7 heteroatoms. The predicted octanol–water partition coefficient (Wildman–Crippen LogP) is -0.635. The van der Waals surface area contributed by atoms with Gasteiger partial charge >= 0.3 is 29.6 Å². The van der Waals surface area contributed by atoms with Gasteiger partial charge in [-0.1, -0.05) is 0 Å². The van der Waals surface area contributed by atoms with Crippen LogP contribution in [0.25, 0.3) is 22.5 Å². The molecule has 0 saturated heterocycles. The van der Waals surface area contributed by atoms with Gasteiger partial charge in [0.2, 0.25) is 0 Å². The van der Waals surface area contributed by atoms with E-state index in [0.29, 0.717) is 16.8 Å². The van der Waals surface area contributed by atoms with Crippen molar-refractivity contribution in [3.05, 3.63) is 82.0 Å². The molecule has 0 bridgehead atoms. The smallest absolute Gasteiger partial charge is 0.545 e. The molecule has 3 rings (SSSR count). The minimum Gasteiger partial charge on any atom is -0.545 e. The first-order chi connectivity index (χ1) is 11.9. The van der Waals surface area contributed by atoms with E-state index in [9.17, 15) is 23.5 Å². The quantitative estimate of drug-likeness (QED) is 0.582. The predicted molar refractivity (Wildman–Crippen MR) is 86.8 cm³/mol. The van der Waals surface area contributed by atoms with E-state index in [1.54, 1.807) is 7.05 Å². The summed E-state index contributed by atoms with van der Waals surface area (Å²) < 4.78 is 27.8.